The SMILES string of the molecule is CC(C)(C)[Si](OCCC1CCN(c2cccc(F)c2)CC1)(c1ccccc1)c1ccccc1. The van der Waals surface area contributed by atoms with E-state index in [4.69, 9.17) is 4.43 Å². The van der Waals surface area contributed by atoms with E-state index < -0.39 is 8.32 Å². The molecule has 0 atom stereocenters. The van der Waals surface area contributed by atoms with Crippen LogP contribution in [0.15, 0.2) is 84.9 Å². The number of halogens is 1. The highest BCUT2D eigenvalue weighted by atomic mass is 28.4. The maximum Gasteiger partial charge on any atom is 0.261 e. The van der Waals surface area contributed by atoms with Gasteiger partial charge in [0, 0.05) is 25.4 Å². The summed E-state index contributed by atoms with van der Waals surface area (Å²) in [6.45, 7) is 9.72. The van der Waals surface area contributed by atoms with Crippen molar-refractivity contribution >= 4 is 24.4 Å². The molecule has 4 heteroatoms. The first kappa shape index (κ1) is 23.7. The van der Waals surface area contributed by atoms with Crippen molar-refractivity contribution in [2.45, 2.75) is 45.1 Å². The second-order valence-electron chi connectivity index (χ2n) is 10.2. The molecule has 0 radical (unpaired) electrons. The lowest BCUT2D eigenvalue weighted by Crippen LogP contribution is -2.66. The minimum absolute atomic E-state index is 0.0104. The maximum absolute atomic E-state index is 13.6. The minimum Gasteiger partial charge on any atom is -0.407 e. The number of hydrogen-bond acceptors (Lipinski definition) is 2. The van der Waals surface area contributed by atoms with Gasteiger partial charge in [-0.05, 0) is 58.8 Å². The van der Waals surface area contributed by atoms with Crippen LogP contribution in [0.5, 0.6) is 0 Å². The summed E-state index contributed by atoms with van der Waals surface area (Å²) in [5.41, 5.74) is 0.997. The molecule has 4 rings (SSSR count). The molecule has 2 nitrogen and oxygen atoms in total. The van der Waals surface area contributed by atoms with E-state index in [1.807, 2.05) is 6.07 Å². The number of nitrogens with zero attached hydrogens (tertiary/aromatic N) is 1. The maximum atomic E-state index is 13.6. The van der Waals surface area contributed by atoms with E-state index in [1.165, 1.54) is 16.4 Å². The normalized spacial score (nSPS) is 15.6. The van der Waals surface area contributed by atoms with Gasteiger partial charge in [0.05, 0.1) is 0 Å². The van der Waals surface area contributed by atoms with Crippen LogP contribution in [0.3, 0.4) is 0 Å². The summed E-state index contributed by atoms with van der Waals surface area (Å²) >= 11 is 0. The number of piperidine rings is 1. The van der Waals surface area contributed by atoms with Gasteiger partial charge in [0.1, 0.15) is 5.82 Å². The molecule has 3 aromatic carbocycles. The van der Waals surface area contributed by atoms with E-state index in [9.17, 15) is 4.39 Å². The van der Waals surface area contributed by atoms with Gasteiger partial charge in [0.15, 0.2) is 0 Å². The first-order chi connectivity index (χ1) is 15.9. The fourth-order valence-electron chi connectivity index (χ4n) is 5.29. The van der Waals surface area contributed by atoms with E-state index in [0.717, 1.165) is 44.6 Å². The molecule has 0 N–H and O–H groups in total. The van der Waals surface area contributed by atoms with Crippen LogP contribution in [-0.4, -0.2) is 28.0 Å². The summed E-state index contributed by atoms with van der Waals surface area (Å²) in [5.74, 6) is 0.487. The third kappa shape index (κ3) is 5.23. The molecular formula is C29H36FNOSi. The van der Waals surface area contributed by atoms with E-state index in [-0.39, 0.29) is 10.9 Å². The van der Waals surface area contributed by atoms with Crippen molar-refractivity contribution in [2.24, 2.45) is 5.92 Å². The first-order valence-corrected chi connectivity index (χ1v) is 14.1. The Morgan fingerprint density at radius 3 is 1.94 bits per heavy atom. The van der Waals surface area contributed by atoms with Gasteiger partial charge in [-0.25, -0.2) is 4.39 Å². The Balaban J connectivity index is 1.46. The van der Waals surface area contributed by atoms with Crippen molar-refractivity contribution in [3.63, 3.8) is 0 Å². The Morgan fingerprint density at radius 1 is 0.848 bits per heavy atom. The second kappa shape index (κ2) is 10.2. The summed E-state index contributed by atoms with van der Waals surface area (Å²) in [6.07, 6.45) is 3.32. The molecule has 1 aliphatic rings. The highest BCUT2D eigenvalue weighted by molar-refractivity contribution is 6.99. The Morgan fingerprint density at radius 2 is 1.42 bits per heavy atom. The molecule has 0 aromatic heterocycles. The van der Waals surface area contributed by atoms with Crippen LogP contribution in [0.4, 0.5) is 10.1 Å². The zero-order chi connectivity index (χ0) is 23.3. The van der Waals surface area contributed by atoms with Gasteiger partial charge >= 0.3 is 0 Å². The molecule has 0 amide bonds. The number of benzene rings is 3. The van der Waals surface area contributed by atoms with E-state index in [1.54, 1.807) is 12.1 Å². The Hall–Kier alpha value is -2.43. The molecule has 0 bridgehead atoms. The lowest BCUT2D eigenvalue weighted by Gasteiger charge is -2.43. The average molecular weight is 462 g/mol. The molecule has 3 aromatic rings. The summed E-state index contributed by atoms with van der Waals surface area (Å²) in [5, 5.41) is 2.69. The minimum atomic E-state index is -2.46. The fraction of sp³-hybridized carbons (Fsp3) is 0.379. The molecule has 1 heterocycles. The van der Waals surface area contributed by atoms with Crippen LogP contribution < -0.4 is 15.3 Å². The fourth-order valence-corrected chi connectivity index (χ4v) is 9.87. The van der Waals surface area contributed by atoms with Crippen molar-refractivity contribution in [2.75, 3.05) is 24.6 Å². The van der Waals surface area contributed by atoms with Crippen LogP contribution in [0, 0.1) is 11.7 Å². The predicted octanol–water partition coefficient (Wildman–Crippen LogP) is 6.01. The van der Waals surface area contributed by atoms with Crippen molar-refractivity contribution < 1.29 is 8.82 Å². The molecule has 0 saturated carbocycles. The third-order valence-electron chi connectivity index (χ3n) is 7.05. The smallest absolute Gasteiger partial charge is 0.261 e. The van der Waals surface area contributed by atoms with Crippen LogP contribution in [0.25, 0.3) is 0 Å². The number of rotatable bonds is 7. The average Bonchev–Trinajstić information content (AvgIpc) is 2.83. The van der Waals surface area contributed by atoms with Crippen LogP contribution in [0.1, 0.15) is 40.0 Å². The monoisotopic (exact) mass is 461 g/mol. The highest BCUT2D eigenvalue weighted by Gasteiger charge is 2.50. The van der Waals surface area contributed by atoms with Crippen LogP contribution in [0.2, 0.25) is 5.04 Å². The second-order valence-corrected chi connectivity index (χ2v) is 14.5. The van der Waals surface area contributed by atoms with Gasteiger partial charge in [0.25, 0.3) is 8.32 Å². The van der Waals surface area contributed by atoms with Gasteiger partial charge in [-0.15, -0.1) is 0 Å². The van der Waals surface area contributed by atoms with Crippen molar-refractivity contribution in [1.82, 2.24) is 0 Å². The molecule has 0 unspecified atom stereocenters. The van der Waals surface area contributed by atoms with Crippen molar-refractivity contribution in [1.29, 1.82) is 0 Å². The van der Waals surface area contributed by atoms with E-state index >= 15 is 0 Å². The largest absolute Gasteiger partial charge is 0.407 e. The van der Waals surface area contributed by atoms with Gasteiger partial charge in [-0.3, -0.25) is 0 Å². The number of hydrogen-bond donors (Lipinski definition) is 0. The predicted molar refractivity (Wildman–Crippen MR) is 140 cm³/mol. The van der Waals surface area contributed by atoms with Gasteiger partial charge in [-0.1, -0.05) is 87.5 Å². The zero-order valence-corrected chi connectivity index (χ0v) is 21.1. The molecule has 0 aliphatic carbocycles. The molecule has 33 heavy (non-hydrogen) atoms. The molecule has 1 aliphatic heterocycles. The quantitative estimate of drug-likeness (QED) is 0.400. The topological polar surface area (TPSA) is 12.5 Å². The Kier molecular flexibility index (Phi) is 7.35. The highest BCUT2D eigenvalue weighted by Crippen LogP contribution is 2.37. The molecule has 1 fully saturated rings. The van der Waals surface area contributed by atoms with Gasteiger partial charge in [-0.2, -0.15) is 0 Å². The Labute approximate surface area is 199 Å². The summed E-state index contributed by atoms with van der Waals surface area (Å²) < 4.78 is 20.7. The summed E-state index contributed by atoms with van der Waals surface area (Å²) in [4.78, 5) is 2.31. The van der Waals surface area contributed by atoms with Crippen LogP contribution >= 0.6 is 0 Å². The van der Waals surface area contributed by atoms with Crippen molar-refractivity contribution in [3.05, 3.63) is 90.7 Å². The van der Waals surface area contributed by atoms with Crippen molar-refractivity contribution in [3.8, 4) is 0 Å². The molecule has 1 saturated heterocycles. The first-order valence-electron chi connectivity index (χ1n) is 12.2. The summed E-state index contributed by atoms with van der Waals surface area (Å²) in [6, 6.07) is 28.7. The van der Waals surface area contributed by atoms with Gasteiger partial charge in [0.2, 0.25) is 0 Å². The van der Waals surface area contributed by atoms with Crippen LogP contribution in [-0.2, 0) is 4.43 Å². The van der Waals surface area contributed by atoms with E-state index in [2.05, 4.69) is 86.3 Å². The molecular weight excluding hydrogens is 425 g/mol. The lowest BCUT2D eigenvalue weighted by atomic mass is 9.93. The summed E-state index contributed by atoms with van der Waals surface area (Å²) in [7, 11) is -2.46. The third-order valence-corrected chi connectivity index (χ3v) is 12.1. The standard InChI is InChI=1S/C29H36FNOSi/c1-29(2,3)33(27-13-6-4-7-14-27,28-15-8-5-9-16-28)32-22-19-24-17-20-31(21-18-24)26-12-10-11-25(30)23-26/h4-16,23-24H,17-22H2,1-3H3. The molecule has 0 spiro atoms. The number of anilines is 1. The lowest BCUT2D eigenvalue weighted by molar-refractivity contribution is 0.246. The van der Waals surface area contributed by atoms with Gasteiger partial charge < -0.3 is 9.33 Å². The Bertz CT molecular complexity index is 971. The zero-order valence-electron chi connectivity index (χ0n) is 20.1. The van der Waals surface area contributed by atoms with E-state index in [0.29, 0.717) is 5.92 Å². The molecule has 174 valence electrons.